The molecule has 5 rings (SSSR count). The zero-order valence-corrected chi connectivity index (χ0v) is 25.1. The molecule has 0 saturated heterocycles. The predicted octanol–water partition coefficient (Wildman–Crippen LogP) is 5.48. The summed E-state index contributed by atoms with van der Waals surface area (Å²) in [7, 11) is 0. The molecular formula is C36H38N4O4. The minimum atomic E-state index is -1.31. The Labute approximate surface area is 258 Å². The molecule has 1 aliphatic rings. The summed E-state index contributed by atoms with van der Waals surface area (Å²) in [5.41, 5.74) is 11.5. The summed E-state index contributed by atoms with van der Waals surface area (Å²) >= 11 is 0. The van der Waals surface area contributed by atoms with E-state index in [-0.39, 0.29) is 12.5 Å². The molecule has 0 unspecified atom stereocenters. The van der Waals surface area contributed by atoms with Crippen LogP contribution < -0.4 is 21.3 Å². The number of nitrogens with zero attached hydrogens (tertiary/aromatic N) is 1. The van der Waals surface area contributed by atoms with E-state index < -0.39 is 23.6 Å². The molecule has 0 bridgehead atoms. The molecule has 0 aliphatic carbocycles. The Bertz CT molecular complexity index is 1620. The molecule has 4 aromatic rings. The number of fused-ring (bicyclic) bond motifs is 1. The third-order valence-electron chi connectivity index (χ3n) is 7.89. The lowest BCUT2D eigenvalue weighted by Gasteiger charge is -2.30. The number of benzene rings is 4. The highest BCUT2D eigenvalue weighted by Crippen LogP contribution is 2.30. The lowest BCUT2D eigenvalue weighted by Crippen LogP contribution is -2.59. The Morgan fingerprint density at radius 1 is 0.886 bits per heavy atom. The fraction of sp³-hybridized carbons (Fsp3) is 0.250. The van der Waals surface area contributed by atoms with Crippen molar-refractivity contribution in [2.75, 3.05) is 4.90 Å². The molecule has 4 N–H and O–H groups in total. The molecular weight excluding hydrogens is 552 g/mol. The van der Waals surface area contributed by atoms with Crippen LogP contribution in [0.15, 0.2) is 103 Å². The molecule has 0 radical (unpaired) electrons. The monoisotopic (exact) mass is 590 g/mol. The van der Waals surface area contributed by atoms with Gasteiger partial charge in [-0.25, -0.2) is 4.79 Å². The molecule has 226 valence electrons. The first-order valence-electron chi connectivity index (χ1n) is 14.8. The second kappa shape index (κ2) is 13.6. The zero-order chi connectivity index (χ0) is 31.1. The van der Waals surface area contributed by atoms with E-state index >= 15 is 0 Å². The summed E-state index contributed by atoms with van der Waals surface area (Å²) in [5.74, 6) is -0.676. The van der Waals surface area contributed by atoms with E-state index in [1.807, 2.05) is 97.1 Å². The second-order valence-corrected chi connectivity index (χ2v) is 11.5. The van der Waals surface area contributed by atoms with Crippen molar-refractivity contribution in [2.45, 2.75) is 58.0 Å². The number of nitrogens with one attached hydrogen (secondary N) is 2. The van der Waals surface area contributed by atoms with E-state index in [1.165, 1.54) is 0 Å². The van der Waals surface area contributed by atoms with Crippen molar-refractivity contribution >= 4 is 23.6 Å². The van der Waals surface area contributed by atoms with Crippen LogP contribution >= 0.6 is 0 Å². The van der Waals surface area contributed by atoms with Gasteiger partial charge in [-0.1, -0.05) is 97.1 Å². The first-order valence-corrected chi connectivity index (χ1v) is 14.8. The summed E-state index contributed by atoms with van der Waals surface area (Å²) in [5, 5.41) is 5.55. The molecule has 0 spiro atoms. The van der Waals surface area contributed by atoms with Gasteiger partial charge in [-0.3, -0.25) is 9.59 Å². The number of carbonyl (C=O) groups excluding carboxylic acids is 3. The SMILES string of the molecule is CC(C)(NC(=O)OCc1ccccc1)C(=O)N[C@@H]1CCc2ccccc2N(Cc2ccc(-c3ccccc3CN)cc2)C1=O. The molecule has 1 aliphatic heterocycles. The van der Waals surface area contributed by atoms with Crippen LogP contribution in [-0.2, 0) is 40.4 Å². The number of amides is 3. The van der Waals surface area contributed by atoms with Gasteiger partial charge in [0.15, 0.2) is 0 Å². The Balaban J connectivity index is 1.29. The van der Waals surface area contributed by atoms with Gasteiger partial charge in [0, 0.05) is 12.2 Å². The molecule has 3 amide bonds. The molecule has 1 atom stereocenters. The number of ether oxygens (including phenoxy) is 1. The summed E-state index contributed by atoms with van der Waals surface area (Å²) in [6.07, 6.45) is 0.333. The average Bonchev–Trinajstić information content (AvgIpc) is 3.17. The van der Waals surface area contributed by atoms with Crippen molar-refractivity contribution in [1.29, 1.82) is 0 Å². The van der Waals surface area contributed by atoms with E-state index in [4.69, 9.17) is 10.5 Å². The highest BCUT2D eigenvalue weighted by Gasteiger charge is 2.36. The van der Waals surface area contributed by atoms with Gasteiger partial charge in [-0.05, 0) is 66.1 Å². The molecule has 0 fully saturated rings. The van der Waals surface area contributed by atoms with Crippen LogP contribution in [0.3, 0.4) is 0 Å². The van der Waals surface area contributed by atoms with Crippen LogP contribution in [0.25, 0.3) is 11.1 Å². The Morgan fingerprint density at radius 2 is 1.57 bits per heavy atom. The quantitative estimate of drug-likeness (QED) is 0.239. The Kier molecular flexibility index (Phi) is 9.41. The van der Waals surface area contributed by atoms with Gasteiger partial charge in [-0.15, -0.1) is 0 Å². The molecule has 44 heavy (non-hydrogen) atoms. The number of anilines is 1. The van der Waals surface area contributed by atoms with Crippen molar-refractivity contribution in [1.82, 2.24) is 10.6 Å². The van der Waals surface area contributed by atoms with E-state index in [2.05, 4.69) is 16.7 Å². The lowest BCUT2D eigenvalue weighted by molar-refractivity contribution is -0.131. The van der Waals surface area contributed by atoms with Crippen LogP contribution in [0.2, 0.25) is 0 Å². The first kappa shape index (κ1) is 30.5. The van der Waals surface area contributed by atoms with Crippen LogP contribution in [0.1, 0.15) is 42.5 Å². The summed E-state index contributed by atoms with van der Waals surface area (Å²) in [4.78, 5) is 41.7. The molecule has 4 aromatic carbocycles. The maximum absolute atomic E-state index is 14.0. The number of rotatable bonds is 9. The number of nitrogens with two attached hydrogens (primary N) is 1. The summed E-state index contributed by atoms with van der Waals surface area (Å²) < 4.78 is 5.31. The van der Waals surface area contributed by atoms with E-state index in [0.29, 0.717) is 25.9 Å². The van der Waals surface area contributed by atoms with Gasteiger partial charge in [0.2, 0.25) is 11.8 Å². The maximum atomic E-state index is 14.0. The van der Waals surface area contributed by atoms with Crippen LogP contribution in [0.5, 0.6) is 0 Å². The van der Waals surface area contributed by atoms with Crippen LogP contribution in [-0.4, -0.2) is 29.5 Å². The first-order chi connectivity index (χ1) is 21.2. The molecule has 0 aromatic heterocycles. The highest BCUT2D eigenvalue weighted by atomic mass is 16.5. The standard InChI is InChI=1S/C36H38N4O4/c1-36(2,39-35(43)44-24-26-10-4-3-5-11-26)34(42)38-31-21-20-28-12-7-9-15-32(28)40(33(31)41)23-25-16-18-27(19-17-25)30-14-8-6-13-29(30)22-37/h3-19,31H,20-24,37H2,1-2H3,(H,38,42)(H,39,43)/t31-/m1/s1. The van der Waals surface area contributed by atoms with Gasteiger partial charge in [0.1, 0.15) is 18.2 Å². The molecule has 1 heterocycles. The number of aryl methyl sites for hydroxylation is 1. The van der Waals surface area contributed by atoms with E-state index in [0.717, 1.165) is 39.1 Å². The third-order valence-corrected chi connectivity index (χ3v) is 7.89. The van der Waals surface area contributed by atoms with Crippen LogP contribution in [0, 0.1) is 0 Å². The fourth-order valence-corrected chi connectivity index (χ4v) is 5.37. The van der Waals surface area contributed by atoms with E-state index in [1.54, 1.807) is 18.7 Å². The Morgan fingerprint density at radius 3 is 2.32 bits per heavy atom. The second-order valence-electron chi connectivity index (χ2n) is 11.5. The predicted molar refractivity (Wildman–Crippen MR) is 171 cm³/mol. The van der Waals surface area contributed by atoms with Crippen molar-refractivity contribution in [3.05, 3.63) is 125 Å². The normalized spacial score (nSPS) is 14.8. The van der Waals surface area contributed by atoms with Gasteiger partial charge in [0.05, 0.1) is 6.54 Å². The van der Waals surface area contributed by atoms with Gasteiger partial charge in [-0.2, -0.15) is 0 Å². The van der Waals surface area contributed by atoms with Crippen molar-refractivity contribution in [3.63, 3.8) is 0 Å². The van der Waals surface area contributed by atoms with Crippen molar-refractivity contribution < 1.29 is 19.1 Å². The number of para-hydroxylation sites is 1. The van der Waals surface area contributed by atoms with Crippen molar-refractivity contribution in [3.8, 4) is 11.1 Å². The number of hydrogen-bond donors (Lipinski definition) is 3. The smallest absolute Gasteiger partial charge is 0.408 e. The average molecular weight is 591 g/mol. The summed E-state index contributed by atoms with van der Waals surface area (Å²) in [6.45, 7) is 4.05. The van der Waals surface area contributed by atoms with Gasteiger partial charge in [0.25, 0.3) is 0 Å². The lowest BCUT2D eigenvalue weighted by atomic mass is 9.98. The topological polar surface area (TPSA) is 114 Å². The number of alkyl carbamates (subject to hydrolysis) is 1. The zero-order valence-electron chi connectivity index (χ0n) is 25.1. The maximum Gasteiger partial charge on any atom is 0.408 e. The number of carbonyl (C=O) groups is 3. The van der Waals surface area contributed by atoms with Crippen LogP contribution in [0.4, 0.5) is 10.5 Å². The highest BCUT2D eigenvalue weighted by molar-refractivity contribution is 6.01. The molecule has 8 nitrogen and oxygen atoms in total. The third kappa shape index (κ3) is 7.15. The van der Waals surface area contributed by atoms with Crippen molar-refractivity contribution in [2.24, 2.45) is 5.73 Å². The van der Waals surface area contributed by atoms with E-state index in [9.17, 15) is 14.4 Å². The minimum absolute atomic E-state index is 0.0826. The summed E-state index contributed by atoms with van der Waals surface area (Å²) in [6, 6.07) is 32.5. The number of hydrogen-bond acceptors (Lipinski definition) is 5. The largest absolute Gasteiger partial charge is 0.445 e. The Hall–Kier alpha value is -4.95. The van der Waals surface area contributed by atoms with Gasteiger partial charge >= 0.3 is 6.09 Å². The molecule has 0 saturated carbocycles. The fourth-order valence-electron chi connectivity index (χ4n) is 5.37. The van der Waals surface area contributed by atoms with Gasteiger partial charge < -0.3 is 26.0 Å². The minimum Gasteiger partial charge on any atom is -0.445 e. The molecule has 8 heteroatoms.